The van der Waals surface area contributed by atoms with Gasteiger partial charge in [-0.1, -0.05) is 12.1 Å². The van der Waals surface area contributed by atoms with Crippen LogP contribution in [-0.2, 0) is 14.3 Å². The third-order valence-corrected chi connectivity index (χ3v) is 4.64. The maximum atomic E-state index is 11.7. The van der Waals surface area contributed by atoms with E-state index in [1.165, 1.54) is 18.9 Å². The molecule has 1 fully saturated rings. The summed E-state index contributed by atoms with van der Waals surface area (Å²) in [5.74, 6) is 0.255. The molecule has 0 amide bonds. The zero-order valence-corrected chi connectivity index (χ0v) is 16.5. The lowest BCUT2D eigenvalue weighted by Gasteiger charge is -2.22. The van der Waals surface area contributed by atoms with Gasteiger partial charge in [-0.05, 0) is 57.5 Å². The molecule has 2 atom stereocenters. The highest BCUT2D eigenvalue weighted by Gasteiger charge is 2.18. The second-order valence-electron chi connectivity index (χ2n) is 6.69. The minimum Gasteiger partial charge on any atom is -0.496 e. The number of likely N-dealkylation sites (tertiary alicyclic amines) is 1. The van der Waals surface area contributed by atoms with Crippen LogP contribution >= 0.6 is 0 Å². The van der Waals surface area contributed by atoms with Crippen LogP contribution < -0.4 is 4.74 Å². The molecular weight excluding hydrogens is 346 g/mol. The molecule has 0 radical (unpaired) electrons. The number of rotatable bonds is 10. The van der Waals surface area contributed by atoms with Crippen LogP contribution in [0.1, 0.15) is 43.9 Å². The van der Waals surface area contributed by atoms with Gasteiger partial charge in [0, 0.05) is 18.2 Å². The Morgan fingerprint density at radius 3 is 2.74 bits per heavy atom. The van der Waals surface area contributed by atoms with E-state index in [0.717, 1.165) is 24.2 Å². The first-order chi connectivity index (χ1) is 13.0. The summed E-state index contributed by atoms with van der Waals surface area (Å²) >= 11 is 0. The molecule has 1 saturated heterocycles. The Hall–Kier alpha value is -1.89. The molecule has 1 N–H and O–H groups in total. The molecule has 150 valence electrons. The molecule has 1 aromatic carbocycles. The molecular formula is C21H31NO5. The van der Waals surface area contributed by atoms with Crippen molar-refractivity contribution in [2.75, 3.05) is 40.0 Å². The molecule has 27 heavy (non-hydrogen) atoms. The van der Waals surface area contributed by atoms with E-state index in [1.54, 1.807) is 20.1 Å². The molecule has 1 aromatic rings. The number of carbonyl (C=O) groups excluding carboxylic acids is 1. The van der Waals surface area contributed by atoms with E-state index in [2.05, 4.69) is 4.90 Å². The lowest BCUT2D eigenvalue weighted by Crippen LogP contribution is -2.33. The summed E-state index contributed by atoms with van der Waals surface area (Å²) in [6.07, 6.45) is 4.70. The summed E-state index contributed by atoms with van der Waals surface area (Å²) in [5, 5.41) is 10.2. The highest BCUT2D eigenvalue weighted by Crippen LogP contribution is 2.30. The molecule has 2 rings (SSSR count). The first-order valence-electron chi connectivity index (χ1n) is 9.58. The van der Waals surface area contributed by atoms with Crippen LogP contribution in [0.2, 0.25) is 0 Å². The number of aliphatic hydroxyl groups is 1. The standard InChI is InChI=1S/C21H31NO5/c1-4-26-21(24)11-10-19-18(8-7-9-20(19)25-3)16(2)27-15-17(23)14-22-12-5-6-13-22/h7-11,16-17,23H,4-6,12-15H2,1-3H3/b11-10+/t16-,17-/m1/s1. The number of aliphatic hydroxyl groups excluding tert-OH is 1. The van der Waals surface area contributed by atoms with E-state index in [9.17, 15) is 9.90 Å². The van der Waals surface area contributed by atoms with Gasteiger partial charge in [-0.15, -0.1) is 0 Å². The van der Waals surface area contributed by atoms with Gasteiger partial charge >= 0.3 is 5.97 Å². The van der Waals surface area contributed by atoms with Crippen LogP contribution in [0.15, 0.2) is 24.3 Å². The molecule has 0 aliphatic carbocycles. The second-order valence-corrected chi connectivity index (χ2v) is 6.69. The van der Waals surface area contributed by atoms with Crippen molar-refractivity contribution in [3.8, 4) is 5.75 Å². The van der Waals surface area contributed by atoms with Gasteiger partial charge in [0.1, 0.15) is 5.75 Å². The minimum absolute atomic E-state index is 0.254. The SMILES string of the molecule is CCOC(=O)/C=C/c1c(OC)cccc1[C@@H](C)OC[C@H](O)CN1CCCC1. The van der Waals surface area contributed by atoms with Crippen molar-refractivity contribution in [1.29, 1.82) is 0 Å². The first kappa shape index (κ1) is 21.4. The monoisotopic (exact) mass is 377 g/mol. The third kappa shape index (κ3) is 6.65. The smallest absolute Gasteiger partial charge is 0.330 e. The fourth-order valence-electron chi connectivity index (χ4n) is 3.27. The number of methoxy groups -OCH3 is 1. The quantitative estimate of drug-likeness (QED) is 0.500. The van der Waals surface area contributed by atoms with Crippen LogP contribution in [0.25, 0.3) is 6.08 Å². The third-order valence-electron chi connectivity index (χ3n) is 4.64. The number of esters is 1. The van der Waals surface area contributed by atoms with Crippen molar-refractivity contribution in [3.05, 3.63) is 35.4 Å². The zero-order valence-electron chi connectivity index (χ0n) is 16.5. The Kier molecular flexibility index (Phi) is 8.78. The van der Waals surface area contributed by atoms with Gasteiger partial charge in [0.05, 0.1) is 32.5 Å². The van der Waals surface area contributed by atoms with Crippen LogP contribution in [0, 0.1) is 0 Å². The predicted octanol–water partition coefficient (Wildman–Crippen LogP) is 2.81. The average Bonchev–Trinajstić information content (AvgIpc) is 3.17. The molecule has 1 heterocycles. The lowest BCUT2D eigenvalue weighted by molar-refractivity contribution is -0.137. The number of nitrogens with zero attached hydrogens (tertiary/aromatic N) is 1. The Balaban J connectivity index is 2.03. The Bertz CT molecular complexity index is 625. The van der Waals surface area contributed by atoms with Crippen molar-refractivity contribution in [2.45, 2.75) is 38.9 Å². The average molecular weight is 377 g/mol. The zero-order chi connectivity index (χ0) is 19.6. The summed E-state index contributed by atoms with van der Waals surface area (Å²) in [7, 11) is 1.59. The molecule has 1 aliphatic heterocycles. The fourth-order valence-corrected chi connectivity index (χ4v) is 3.27. The maximum Gasteiger partial charge on any atom is 0.330 e. The van der Waals surface area contributed by atoms with Crippen molar-refractivity contribution >= 4 is 12.0 Å². The van der Waals surface area contributed by atoms with E-state index in [1.807, 2.05) is 25.1 Å². The molecule has 6 nitrogen and oxygen atoms in total. The number of hydrogen-bond acceptors (Lipinski definition) is 6. The summed E-state index contributed by atoms with van der Waals surface area (Å²) in [6, 6.07) is 5.66. The molecule has 0 unspecified atom stereocenters. The summed E-state index contributed by atoms with van der Waals surface area (Å²) in [6.45, 7) is 7.02. The van der Waals surface area contributed by atoms with E-state index in [0.29, 0.717) is 18.9 Å². The fraction of sp³-hybridized carbons (Fsp3) is 0.571. The summed E-state index contributed by atoms with van der Waals surface area (Å²) in [5.41, 5.74) is 1.66. The van der Waals surface area contributed by atoms with Gasteiger partial charge in [0.15, 0.2) is 0 Å². The second kappa shape index (κ2) is 11.1. The number of hydrogen-bond donors (Lipinski definition) is 1. The lowest BCUT2D eigenvalue weighted by atomic mass is 10.0. The van der Waals surface area contributed by atoms with E-state index in [-0.39, 0.29) is 12.7 Å². The van der Waals surface area contributed by atoms with E-state index < -0.39 is 12.1 Å². The van der Waals surface area contributed by atoms with Crippen LogP contribution in [0.5, 0.6) is 5.75 Å². The topological polar surface area (TPSA) is 68.2 Å². The van der Waals surface area contributed by atoms with Gasteiger partial charge in [-0.2, -0.15) is 0 Å². The Morgan fingerprint density at radius 2 is 2.07 bits per heavy atom. The number of β-amino-alcohol motifs (C(OH)–C–C–N with tert-alkyl or cyclic N) is 1. The number of carbonyl (C=O) groups is 1. The van der Waals surface area contributed by atoms with Crippen molar-refractivity contribution in [2.24, 2.45) is 0 Å². The van der Waals surface area contributed by atoms with Crippen molar-refractivity contribution < 1.29 is 24.1 Å². The molecule has 1 aliphatic rings. The summed E-state index contributed by atoms with van der Waals surface area (Å²) < 4.78 is 16.3. The Morgan fingerprint density at radius 1 is 1.33 bits per heavy atom. The van der Waals surface area contributed by atoms with Crippen molar-refractivity contribution in [3.63, 3.8) is 0 Å². The minimum atomic E-state index is -0.519. The van der Waals surface area contributed by atoms with Gasteiger partial charge < -0.3 is 24.2 Å². The Labute approximate surface area is 161 Å². The predicted molar refractivity (Wildman–Crippen MR) is 105 cm³/mol. The van der Waals surface area contributed by atoms with Gasteiger partial charge in [0.25, 0.3) is 0 Å². The highest BCUT2D eigenvalue weighted by molar-refractivity contribution is 5.88. The molecule has 0 saturated carbocycles. The van der Waals surface area contributed by atoms with Gasteiger partial charge in [-0.3, -0.25) is 0 Å². The molecule has 0 bridgehead atoms. The van der Waals surface area contributed by atoms with Crippen LogP contribution in [-0.4, -0.2) is 62.0 Å². The van der Waals surface area contributed by atoms with Gasteiger partial charge in [-0.25, -0.2) is 4.79 Å². The normalized spacial score (nSPS) is 17.2. The maximum absolute atomic E-state index is 11.7. The van der Waals surface area contributed by atoms with Crippen molar-refractivity contribution in [1.82, 2.24) is 4.90 Å². The molecule has 0 aromatic heterocycles. The van der Waals surface area contributed by atoms with E-state index >= 15 is 0 Å². The van der Waals surface area contributed by atoms with E-state index in [4.69, 9.17) is 14.2 Å². The number of ether oxygens (including phenoxy) is 3. The largest absolute Gasteiger partial charge is 0.496 e. The molecule has 6 heteroatoms. The first-order valence-corrected chi connectivity index (χ1v) is 9.58. The molecule has 0 spiro atoms. The van der Waals surface area contributed by atoms with Crippen LogP contribution in [0.4, 0.5) is 0 Å². The van der Waals surface area contributed by atoms with Crippen LogP contribution in [0.3, 0.4) is 0 Å². The van der Waals surface area contributed by atoms with Gasteiger partial charge in [0.2, 0.25) is 0 Å². The number of benzene rings is 1. The highest BCUT2D eigenvalue weighted by atomic mass is 16.5. The summed E-state index contributed by atoms with van der Waals surface area (Å²) in [4.78, 5) is 13.9.